The van der Waals surface area contributed by atoms with Crippen LogP contribution in [0.25, 0.3) is 0 Å². The molecule has 10 heteroatoms. The highest BCUT2D eigenvalue weighted by molar-refractivity contribution is 9.09. The molecule has 0 unspecified atom stereocenters. The summed E-state index contributed by atoms with van der Waals surface area (Å²) in [5.41, 5.74) is -3.43. The molecule has 208 valence electrons. The van der Waals surface area contributed by atoms with Gasteiger partial charge in [0.05, 0.1) is 21.7 Å². The molecule has 36 heavy (non-hydrogen) atoms. The van der Waals surface area contributed by atoms with Gasteiger partial charge in [-0.05, 0) is 83.1 Å². The maximum atomic E-state index is 13.0. The average Bonchev–Trinajstić information content (AvgIpc) is 2.67. The third-order valence-electron chi connectivity index (χ3n) is 5.13. The fourth-order valence-electron chi connectivity index (χ4n) is 2.68. The molecule has 0 aliphatic carbocycles. The van der Waals surface area contributed by atoms with Crippen LogP contribution in [-0.2, 0) is 42.9 Å². The summed E-state index contributed by atoms with van der Waals surface area (Å²) in [6.45, 7) is 19.9. The molecule has 1 heterocycles. The van der Waals surface area contributed by atoms with E-state index in [1.54, 1.807) is 83.1 Å². The van der Waals surface area contributed by atoms with Crippen LogP contribution in [0.15, 0.2) is 0 Å². The smallest absolute Gasteiger partial charge is 0.311 e. The highest BCUT2D eigenvalue weighted by Gasteiger charge is 2.53. The molecule has 1 aliphatic heterocycles. The minimum atomic E-state index is -1.23. The van der Waals surface area contributed by atoms with Crippen LogP contribution >= 0.6 is 15.9 Å². The van der Waals surface area contributed by atoms with E-state index in [0.717, 1.165) is 0 Å². The minimum absolute atomic E-state index is 0.274. The summed E-state index contributed by atoms with van der Waals surface area (Å²) in [4.78, 5) is 51.1. The molecule has 9 nitrogen and oxygen atoms in total. The molecule has 0 aromatic carbocycles. The van der Waals surface area contributed by atoms with Gasteiger partial charge in [0.15, 0.2) is 23.3 Å². The fraction of sp³-hybridized carbons (Fsp3) is 0.846. The van der Waals surface area contributed by atoms with Crippen molar-refractivity contribution in [3.63, 3.8) is 0 Å². The van der Waals surface area contributed by atoms with Crippen LogP contribution in [-0.4, -0.2) is 59.9 Å². The molecular weight excluding hydrogens is 536 g/mol. The third kappa shape index (κ3) is 9.01. The van der Waals surface area contributed by atoms with Gasteiger partial charge in [0.2, 0.25) is 0 Å². The first-order valence-corrected chi connectivity index (χ1v) is 13.0. The number of carbonyl (C=O) groups excluding carboxylic acids is 4. The van der Waals surface area contributed by atoms with Gasteiger partial charge < -0.3 is 23.7 Å². The molecule has 0 saturated carbocycles. The highest BCUT2D eigenvalue weighted by atomic mass is 79.9. The molecule has 0 aromatic rings. The Morgan fingerprint density at radius 1 is 0.583 bits per heavy atom. The molecule has 1 rings (SSSR count). The molecule has 1 aliphatic rings. The predicted molar refractivity (Wildman–Crippen MR) is 136 cm³/mol. The van der Waals surface area contributed by atoms with Crippen LogP contribution in [0, 0.1) is 21.7 Å². The molecule has 0 radical (unpaired) electrons. The van der Waals surface area contributed by atoms with Gasteiger partial charge in [0.25, 0.3) is 0 Å². The van der Waals surface area contributed by atoms with Gasteiger partial charge in [0, 0.05) is 0 Å². The molecule has 0 spiro atoms. The number of carbonyl (C=O) groups is 4. The van der Waals surface area contributed by atoms with Gasteiger partial charge in [0.1, 0.15) is 12.7 Å². The van der Waals surface area contributed by atoms with E-state index in [4.69, 9.17) is 23.7 Å². The third-order valence-corrected chi connectivity index (χ3v) is 5.87. The van der Waals surface area contributed by atoms with Crippen LogP contribution in [0.4, 0.5) is 0 Å². The lowest BCUT2D eigenvalue weighted by Gasteiger charge is -2.44. The maximum Gasteiger partial charge on any atom is 0.311 e. The summed E-state index contributed by atoms with van der Waals surface area (Å²) >= 11 is 3.38. The fourth-order valence-corrected chi connectivity index (χ4v) is 3.36. The SMILES string of the molecule is CC(C)(C)C(=O)OC[C@@H]1O[C@H](Br)[C@@H](OC(=O)C(C)(C)C)[C@H](OC(=O)C(C)(C)C)[C@H]1OC(=O)C(C)(C)C. The van der Waals surface area contributed by atoms with Gasteiger partial charge in [-0.1, -0.05) is 15.9 Å². The first kappa shape index (κ1) is 32.3. The molecule has 5 atom stereocenters. The monoisotopic (exact) mass is 578 g/mol. The maximum absolute atomic E-state index is 13.0. The summed E-state index contributed by atoms with van der Waals surface area (Å²) in [6.07, 6.45) is -4.60. The number of halogens is 1. The van der Waals surface area contributed by atoms with Crippen molar-refractivity contribution in [3.8, 4) is 0 Å². The second-order valence-electron chi connectivity index (χ2n) is 13.2. The van der Waals surface area contributed by atoms with Crippen molar-refractivity contribution in [1.29, 1.82) is 0 Å². The van der Waals surface area contributed by atoms with Crippen molar-refractivity contribution in [3.05, 3.63) is 0 Å². The first-order valence-electron chi connectivity index (χ1n) is 12.1. The van der Waals surface area contributed by atoms with Crippen molar-refractivity contribution in [2.75, 3.05) is 6.61 Å². The van der Waals surface area contributed by atoms with E-state index in [1.807, 2.05) is 0 Å². The van der Waals surface area contributed by atoms with E-state index in [0.29, 0.717) is 0 Å². The Morgan fingerprint density at radius 2 is 0.917 bits per heavy atom. The first-order chi connectivity index (χ1) is 16.0. The lowest BCUT2D eigenvalue weighted by Crippen LogP contribution is -2.62. The summed E-state index contributed by atoms with van der Waals surface area (Å²) in [7, 11) is 0. The molecule has 0 amide bonds. The Morgan fingerprint density at radius 3 is 1.28 bits per heavy atom. The Labute approximate surface area is 223 Å². The van der Waals surface area contributed by atoms with E-state index < -0.39 is 75.0 Å². The Balaban J connectivity index is 3.50. The van der Waals surface area contributed by atoms with Gasteiger partial charge in [-0.15, -0.1) is 0 Å². The summed E-state index contributed by atoms with van der Waals surface area (Å²) < 4.78 is 28.8. The second-order valence-corrected chi connectivity index (χ2v) is 14.1. The number of esters is 4. The highest BCUT2D eigenvalue weighted by Crippen LogP contribution is 2.35. The summed E-state index contributed by atoms with van der Waals surface area (Å²) in [6, 6.07) is 0. The Kier molecular flexibility index (Phi) is 10.2. The lowest BCUT2D eigenvalue weighted by atomic mass is 9.93. The van der Waals surface area contributed by atoms with Crippen LogP contribution in [0.5, 0.6) is 0 Å². The topological polar surface area (TPSA) is 114 Å². The summed E-state index contributed by atoms with van der Waals surface area (Å²) in [5, 5.41) is -0.940. The molecule has 0 bridgehead atoms. The van der Waals surface area contributed by atoms with E-state index >= 15 is 0 Å². The van der Waals surface area contributed by atoms with Crippen LogP contribution in [0.1, 0.15) is 83.1 Å². The van der Waals surface area contributed by atoms with Crippen LogP contribution in [0.3, 0.4) is 0 Å². The molecule has 1 saturated heterocycles. The Hall–Kier alpha value is -1.68. The van der Waals surface area contributed by atoms with E-state index in [-0.39, 0.29) is 6.61 Å². The van der Waals surface area contributed by atoms with Crippen LogP contribution < -0.4 is 0 Å². The number of rotatable bonds is 5. The molecule has 1 fully saturated rings. The van der Waals surface area contributed by atoms with Crippen molar-refractivity contribution < 1.29 is 42.9 Å². The number of ether oxygens (including phenoxy) is 5. The predicted octanol–water partition coefficient (Wildman–Crippen LogP) is 4.57. The lowest BCUT2D eigenvalue weighted by molar-refractivity contribution is -0.245. The largest absolute Gasteiger partial charge is 0.462 e. The van der Waals surface area contributed by atoms with Gasteiger partial charge in [-0.3, -0.25) is 19.2 Å². The van der Waals surface area contributed by atoms with Crippen molar-refractivity contribution in [1.82, 2.24) is 0 Å². The van der Waals surface area contributed by atoms with Gasteiger partial charge in [-0.2, -0.15) is 0 Å². The summed E-state index contributed by atoms with van der Waals surface area (Å²) in [5.74, 6) is -2.22. The zero-order chi connectivity index (χ0) is 28.4. The van der Waals surface area contributed by atoms with Crippen LogP contribution in [0.2, 0.25) is 0 Å². The Bertz CT molecular complexity index is 824. The zero-order valence-electron chi connectivity index (χ0n) is 23.6. The van der Waals surface area contributed by atoms with E-state index in [1.165, 1.54) is 0 Å². The van der Waals surface area contributed by atoms with Crippen molar-refractivity contribution >= 4 is 39.8 Å². The second kappa shape index (κ2) is 11.4. The number of hydrogen-bond acceptors (Lipinski definition) is 9. The number of hydrogen-bond donors (Lipinski definition) is 0. The van der Waals surface area contributed by atoms with Crippen molar-refractivity contribution in [2.24, 2.45) is 21.7 Å². The van der Waals surface area contributed by atoms with E-state index in [2.05, 4.69) is 15.9 Å². The number of alkyl halides is 1. The zero-order valence-corrected chi connectivity index (χ0v) is 25.2. The van der Waals surface area contributed by atoms with Crippen molar-refractivity contribution in [2.45, 2.75) is 113 Å². The molecular formula is C26H43BrO9. The minimum Gasteiger partial charge on any atom is -0.462 e. The molecule has 0 aromatic heterocycles. The van der Waals surface area contributed by atoms with E-state index in [9.17, 15) is 19.2 Å². The quantitative estimate of drug-likeness (QED) is 0.263. The molecule has 0 N–H and O–H groups in total. The van der Waals surface area contributed by atoms with Gasteiger partial charge >= 0.3 is 23.9 Å². The van der Waals surface area contributed by atoms with Gasteiger partial charge in [-0.25, -0.2) is 0 Å². The standard InChI is InChI=1S/C26H43BrO9/c1-23(2,3)19(28)32-13-14-15(34-20(29)24(4,5)6)16(35-21(30)25(7,8)9)17(18(27)33-14)36-22(31)26(10,11)12/h14-18H,13H2,1-12H3/t14-,15-,16+,17-,18-/m0/s1. The normalized spacial score (nSPS) is 25.5. The average molecular weight is 580 g/mol.